The van der Waals surface area contributed by atoms with Gasteiger partial charge >= 0.3 is 0 Å². The largest absolute Gasteiger partial charge is 0.491 e. The van der Waals surface area contributed by atoms with Crippen LogP contribution in [-0.4, -0.2) is 70.6 Å². The number of hydrogen-bond donors (Lipinski definition) is 2. The lowest BCUT2D eigenvalue weighted by Crippen LogP contribution is -2.31. The Morgan fingerprint density at radius 2 is 1.29 bits per heavy atom. The molecule has 0 saturated heterocycles. The first kappa shape index (κ1) is 26.7. The summed E-state index contributed by atoms with van der Waals surface area (Å²) in [5.74, 6) is 0.145. The second-order valence-corrected chi connectivity index (χ2v) is 6.78. The number of nitrogens with one attached hydrogen (secondary N) is 2. The van der Waals surface area contributed by atoms with Crippen LogP contribution in [-0.2, 0) is 23.7 Å². The third-order valence-electron chi connectivity index (χ3n) is 4.29. The Kier molecular flexibility index (Phi) is 12.7. The lowest BCUT2D eigenvalue weighted by molar-refractivity contribution is -0.115. The molecule has 9 nitrogen and oxygen atoms in total. The van der Waals surface area contributed by atoms with Gasteiger partial charge in [0.1, 0.15) is 19.0 Å². The first-order valence-corrected chi connectivity index (χ1v) is 10.8. The number of hydrogen-bond acceptors (Lipinski definition) is 8. The molecule has 0 unspecified atom stereocenters. The smallest absolute Gasteiger partial charge is 0.288 e. The quantitative estimate of drug-likeness (QED) is 0.127. The van der Waals surface area contributed by atoms with Crippen molar-refractivity contribution in [2.45, 2.75) is 0 Å². The first-order chi connectivity index (χ1) is 16.6. The molecule has 0 radical (unpaired) electrons. The molecular formula is C25H30N2O7. The predicted molar refractivity (Wildman–Crippen MR) is 126 cm³/mol. The summed E-state index contributed by atoms with van der Waals surface area (Å²) in [7, 11) is 0. The van der Waals surface area contributed by atoms with Gasteiger partial charge in [-0.25, -0.2) is 0 Å². The fraction of sp³-hybridized carbons (Fsp3) is 0.320. The average Bonchev–Trinajstić information content (AvgIpc) is 2.87. The van der Waals surface area contributed by atoms with Crippen molar-refractivity contribution >= 4 is 17.7 Å². The van der Waals surface area contributed by atoms with E-state index in [9.17, 15) is 9.59 Å². The molecule has 0 aromatic heterocycles. The predicted octanol–water partition coefficient (Wildman–Crippen LogP) is 2.60. The molecule has 0 spiro atoms. The van der Waals surface area contributed by atoms with Crippen LogP contribution >= 0.6 is 0 Å². The van der Waals surface area contributed by atoms with Crippen LogP contribution in [0.4, 0.5) is 0 Å². The standard InChI is InChI=1S/C25H30N2O7/c1-2-23(28)27-25(26)34-19-17-32-15-13-30-12-14-31-16-18-33-22-10-8-21(9-11-22)24(29)20-6-4-3-5-7-20/h2-11H,1,12-19H2,(H2,26,27,28). The van der Waals surface area contributed by atoms with Crippen molar-refractivity contribution in [3.05, 3.63) is 78.4 Å². The minimum absolute atomic E-state index is 0.0241. The van der Waals surface area contributed by atoms with E-state index in [1.54, 1.807) is 36.4 Å². The fourth-order valence-electron chi connectivity index (χ4n) is 2.62. The zero-order chi connectivity index (χ0) is 24.4. The fourth-order valence-corrected chi connectivity index (χ4v) is 2.62. The second-order valence-electron chi connectivity index (χ2n) is 6.78. The molecule has 0 heterocycles. The lowest BCUT2D eigenvalue weighted by Gasteiger charge is -2.09. The van der Waals surface area contributed by atoms with Gasteiger partial charge in [-0.05, 0) is 30.3 Å². The Morgan fingerprint density at radius 3 is 1.88 bits per heavy atom. The van der Waals surface area contributed by atoms with E-state index < -0.39 is 5.91 Å². The van der Waals surface area contributed by atoms with Gasteiger partial charge in [0.25, 0.3) is 11.9 Å². The zero-order valence-corrected chi connectivity index (χ0v) is 19.0. The molecule has 0 aliphatic rings. The lowest BCUT2D eigenvalue weighted by atomic mass is 10.0. The van der Waals surface area contributed by atoms with Crippen LogP contribution in [0.25, 0.3) is 0 Å². The number of amidine groups is 1. The van der Waals surface area contributed by atoms with Crippen LogP contribution in [0.5, 0.6) is 5.75 Å². The molecule has 2 rings (SSSR count). The van der Waals surface area contributed by atoms with Crippen molar-refractivity contribution in [3.63, 3.8) is 0 Å². The molecule has 0 atom stereocenters. The van der Waals surface area contributed by atoms with Crippen molar-refractivity contribution in [2.75, 3.05) is 52.9 Å². The SMILES string of the molecule is C=CC(=O)NC(=N)OCCOCCOCCOCCOc1ccc(C(=O)c2ccccc2)cc1. The number of ether oxygens (including phenoxy) is 5. The summed E-state index contributed by atoms with van der Waals surface area (Å²) < 4.78 is 26.7. The topological polar surface area (TPSA) is 116 Å². The Hall–Kier alpha value is -3.53. The Morgan fingerprint density at radius 1 is 0.765 bits per heavy atom. The van der Waals surface area contributed by atoms with Gasteiger partial charge in [-0.3, -0.25) is 20.3 Å². The minimum atomic E-state index is -0.501. The molecule has 2 aromatic rings. The summed E-state index contributed by atoms with van der Waals surface area (Å²) >= 11 is 0. The summed E-state index contributed by atoms with van der Waals surface area (Å²) in [5.41, 5.74) is 1.26. The van der Waals surface area contributed by atoms with Crippen LogP contribution < -0.4 is 10.1 Å². The normalized spacial score (nSPS) is 10.4. The van der Waals surface area contributed by atoms with Gasteiger partial charge in [-0.2, -0.15) is 0 Å². The molecule has 0 bridgehead atoms. The number of benzene rings is 2. The van der Waals surface area contributed by atoms with E-state index in [1.165, 1.54) is 0 Å². The monoisotopic (exact) mass is 470 g/mol. The third kappa shape index (κ3) is 10.9. The summed E-state index contributed by atoms with van der Waals surface area (Å²) in [6, 6.07) is 15.8. The van der Waals surface area contributed by atoms with Gasteiger partial charge in [0.2, 0.25) is 0 Å². The molecule has 1 amide bonds. The van der Waals surface area contributed by atoms with E-state index >= 15 is 0 Å². The van der Waals surface area contributed by atoms with Gasteiger partial charge in [-0.15, -0.1) is 0 Å². The molecule has 2 aromatic carbocycles. The maximum atomic E-state index is 12.4. The highest BCUT2D eigenvalue weighted by Gasteiger charge is 2.08. The van der Waals surface area contributed by atoms with Crippen LogP contribution in [0.3, 0.4) is 0 Å². The first-order valence-electron chi connectivity index (χ1n) is 10.8. The van der Waals surface area contributed by atoms with E-state index in [1.807, 2.05) is 18.2 Å². The van der Waals surface area contributed by atoms with Crippen LogP contribution in [0.15, 0.2) is 67.3 Å². The maximum absolute atomic E-state index is 12.4. The van der Waals surface area contributed by atoms with E-state index in [4.69, 9.17) is 29.1 Å². The van der Waals surface area contributed by atoms with Gasteiger partial charge in [0, 0.05) is 11.1 Å². The molecule has 9 heteroatoms. The highest BCUT2D eigenvalue weighted by atomic mass is 16.6. The van der Waals surface area contributed by atoms with Crippen molar-refractivity contribution in [1.29, 1.82) is 5.41 Å². The summed E-state index contributed by atoms with van der Waals surface area (Å²) in [6.45, 7) is 6.12. The molecule has 0 aliphatic carbocycles. The Labute approximate surface area is 199 Å². The van der Waals surface area contributed by atoms with Crippen molar-refractivity contribution in [2.24, 2.45) is 0 Å². The van der Waals surface area contributed by atoms with E-state index in [0.29, 0.717) is 56.5 Å². The third-order valence-corrected chi connectivity index (χ3v) is 4.29. The van der Waals surface area contributed by atoms with Crippen LogP contribution in [0.2, 0.25) is 0 Å². The molecule has 0 aliphatic heterocycles. The van der Waals surface area contributed by atoms with E-state index in [-0.39, 0.29) is 25.0 Å². The Balaban J connectivity index is 1.42. The second kappa shape index (κ2) is 16.1. The van der Waals surface area contributed by atoms with E-state index in [2.05, 4.69) is 11.9 Å². The van der Waals surface area contributed by atoms with Crippen LogP contribution in [0, 0.1) is 5.41 Å². The highest BCUT2D eigenvalue weighted by molar-refractivity contribution is 6.09. The number of carbonyl (C=O) groups excluding carboxylic acids is 2. The average molecular weight is 471 g/mol. The Bertz CT molecular complexity index is 901. The summed E-state index contributed by atoms with van der Waals surface area (Å²) in [4.78, 5) is 23.3. The number of amides is 1. The molecule has 182 valence electrons. The number of carbonyl (C=O) groups is 2. The molecular weight excluding hydrogens is 440 g/mol. The van der Waals surface area contributed by atoms with Crippen LogP contribution in [0.1, 0.15) is 15.9 Å². The van der Waals surface area contributed by atoms with Gasteiger partial charge in [0.05, 0.1) is 39.6 Å². The zero-order valence-electron chi connectivity index (χ0n) is 19.0. The number of ketones is 1. The van der Waals surface area contributed by atoms with Crippen molar-refractivity contribution in [3.8, 4) is 5.75 Å². The molecule has 34 heavy (non-hydrogen) atoms. The maximum Gasteiger partial charge on any atom is 0.288 e. The van der Waals surface area contributed by atoms with Gasteiger partial charge in [0.15, 0.2) is 5.78 Å². The van der Waals surface area contributed by atoms with Crippen molar-refractivity contribution < 1.29 is 33.3 Å². The minimum Gasteiger partial charge on any atom is -0.491 e. The molecule has 2 N–H and O–H groups in total. The summed E-state index contributed by atoms with van der Waals surface area (Å²) in [6.07, 6.45) is 1.05. The van der Waals surface area contributed by atoms with Gasteiger partial charge < -0.3 is 23.7 Å². The molecule has 0 saturated carbocycles. The summed E-state index contributed by atoms with van der Waals surface area (Å²) in [5, 5.41) is 9.53. The highest BCUT2D eigenvalue weighted by Crippen LogP contribution is 2.15. The molecule has 0 fully saturated rings. The van der Waals surface area contributed by atoms with Gasteiger partial charge in [-0.1, -0.05) is 36.9 Å². The number of rotatable bonds is 16. The van der Waals surface area contributed by atoms with Crippen molar-refractivity contribution in [1.82, 2.24) is 5.32 Å². The van der Waals surface area contributed by atoms with E-state index in [0.717, 1.165) is 6.08 Å².